The predicted molar refractivity (Wildman–Crippen MR) is 68.6 cm³/mol. The topological polar surface area (TPSA) is 61.1 Å². The molecule has 0 bridgehead atoms. The SMILES string of the molecule is N#Cc1cc(F)c(Sc2cc(C(=O)O)ccc2F)c(F)c1. The third-order valence-electron chi connectivity index (χ3n) is 2.52. The molecule has 0 radical (unpaired) electrons. The number of carboxylic acid groups (broad SMARTS) is 1. The van der Waals surface area contributed by atoms with Crippen LogP contribution >= 0.6 is 11.8 Å². The van der Waals surface area contributed by atoms with Crippen molar-refractivity contribution in [3.63, 3.8) is 0 Å². The van der Waals surface area contributed by atoms with E-state index >= 15 is 0 Å². The van der Waals surface area contributed by atoms with E-state index in [1.54, 1.807) is 6.07 Å². The Bertz CT molecular complexity index is 748. The van der Waals surface area contributed by atoms with Crippen LogP contribution in [0.5, 0.6) is 0 Å². The minimum Gasteiger partial charge on any atom is -0.478 e. The highest BCUT2D eigenvalue weighted by molar-refractivity contribution is 7.99. The van der Waals surface area contributed by atoms with Crippen molar-refractivity contribution < 1.29 is 23.1 Å². The third kappa shape index (κ3) is 3.17. The number of halogens is 3. The summed E-state index contributed by atoms with van der Waals surface area (Å²) in [5.74, 6) is -4.11. The maximum atomic E-state index is 13.7. The number of rotatable bonds is 3. The normalized spacial score (nSPS) is 10.2. The van der Waals surface area contributed by atoms with Gasteiger partial charge in [0, 0.05) is 4.90 Å². The third-order valence-corrected chi connectivity index (χ3v) is 3.64. The van der Waals surface area contributed by atoms with Gasteiger partial charge in [0.2, 0.25) is 0 Å². The molecule has 1 N–H and O–H groups in total. The average molecular weight is 309 g/mol. The molecule has 0 aliphatic heterocycles. The molecular formula is C14H6F3NO2S. The number of hydrogen-bond acceptors (Lipinski definition) is 3. The molecule has 0 saturated heterocycles. The summed E-state index contributed by atoms with van der Waals surface area (Å²) < 4.78 is 41.1. The number of aromatic carboxylic acids is 1. The standard InChI is InChI=1S/C14H6F3NO2S/c15-9-2-1-8(14(19)20)5-12(9)21-13-10(16)3-7(6-18)4-11(13)17/h1-5H,(H,19,20). The summed E-state index contributed by atoms with van der Waals surface area (Å²) in [7, 11) is 0. The number of nitriles is 1. The van der Waals surface area contributed by atoms with E-state index in [9.17, 15) is 18.0 Å². The van der Waals surface area contributed by atoms with Crippen molar-refractivity contribution >= 4 is 17.7 Å². The van der Waals surface area contributed by atoms with Crippen LogP contribution in [0.25, 0.3) is 0 Å². The van der Waals surface area contributed by atoms with E-state index in [0.717, 1.165) is 30.3 Å². The fourth-order valence-corrected chi connectivity index (χ4v) is 2.43. The molecule has 2 aromatic carbocycles. The summed E-state index contributed by atoms with van der Waals surface area (Å²) >= 11 is 0.420. The van der Waals surface area contributed by atoms with Crippen LogP contribution in [-0.2, 0) is 0 Å². The van der Waals surface area contributed by atoms with Gasteiger partial charge in [-0.3, -0.25) is 0 Å². The first kappa shape index (κ1) is 14.9. The molecule has 2 aromatic rings. The van der Waals surface area contributed by atoms with E-state index in [-0.39, 0.29) is 16.0 Å². The second-order valence-corrected chi connectivity index (χ2v) is 4.99. The molecule has 0 amide bonds. The molecule has 0 aliphatic rings. The largest absolute Gasteiger partial charge is 0.478 e. The summed E-state index contributed by atoms with van der Waals surface area (Å²) in [4.78, 5) is 10.1. The second-order valence-electron chi connectivity index (χ2n) is 3.93. The zero-order chi connectivity index (χ0) is 15.6. The lowest BCUT2D eigenvalue weighted by atomic mass is 10.2. The van der Waals surface area contributed by atoms with Crippen LogP contribution in [0.4, 0.5) is 13.2 Å². The summed E-state index contributed by atoms with van der Waals surface area (Å²) in [6.45, 7) is 0. The Hall–Kier alpha value is -2.46. The van der Waals surface area contributed by atoms with Gasteiger partial charge in [-0.05, 0) is 30.3 Å². The van der Waals surface area contributed by atoms with Gasteiger partial charge in [-0.1, -0.05) is 11.8 Å². The number of carboxylic acids is 1. The van der Waals surface area contributed by atoms with Gasteiger partial charge in [-0.2, -0.15) is 5.26 Å². The van der Waals surface area contributed by atoms with Crippen molar-refractivity contribution in [2.45, 2.75) is 9.79 Å². The Morgan fingerprint density at radius 1 is 1.10 bits per heavy atom. The Labute approximate surface area is 121 Å². The highest BCUT2D eigenvalue weighted by Gasteiger charge is 2.16. The molecule has 0 aromatic heterocycles. The zero-order valence-electron chi connectivity index (χ0n) is 10.2. The lowest BCUT2D eigenvalue weighted by Gasteiger charge is -2.07. The average Bonchev–Trinajstić information content (AvgIpc) is 2.44. The highest BCUT2D eigenvalue weighted by Crippen LogP contribution is 2.34. The minimum absolute atomic E-state index is 0.200. The van der Waals surface area contributed by atoms with Crippen LogP contribution in [0.15, 0.2) is 40.1 Å². The van der Waals surface area contributed by atoms with Gasteiger partial charge in [-0.15, -0.1) is 0 Å². The number of carbonyl (C=O) groups is 1. The first-order valence-corrected chi connectivity index (χ1v) is 6.34. The molecule has 0 heterocycles. The molecule has 7 heteroatoms. The van der Waals surface area contributed by atoms with Gasteiger partial charge in [-0.25, -0.2) is 18.0 Å². The predicted octanol–water partition coefficient (Wildman–Crippen LogP) is 3.82. The van der Waals surface area contributed by atoms with Gasteiger partial charge in [0.05, 0.1) is 22.1 Å². The maximum Gasteiger partial charge on any atom is 0.335 e. The Morgan fingerprint density at radius 3 is 2.24 bits per heavy atom. The summed E-state index contributed by atoms with van der Waals surface area (Å²) in [6.07, 6.45) is 0. The van der Waals surface area contributed by atoms with Crippen LogP contribution < -0.4 is 0 Å². The van der Waals surface area contributed by atoms with Gasteiger partial charge >= 0.3 is 5.97 Å². The minimum atomic E-state index is -1.28. The lowest BCUT2D eigenvalue weighted by Crippen LogP contribution is -1.98. The monoisotopic (exact) mass is 309 g/mol. The van der Waals surface area contributed by atoms with E-state index in [0.29, 0.717) is 11.8 Å². The number of hydrogen-bond donors (Lipinski definition) is 1. The first-order valence-electron chi connectivity index (χ1n) is 5.52. The van der Waals surface area contributed by atoms with Crippen LogP contribution in [0.3, 0.4) is 0 Å². The van der Waals surface area contributed by atoms with Crippen molar-refractivity contribution in [2.24, 2.45) is 0 Å². The molecule has 106 valence electrons. The van der Waals surface area contributed by atoms with Crippen molar-refractivity contribution in [1.29, 1.82) is 5.26 Å². The Morgan fingerprint density at radius 2 is 1.71 bits per heavy atom. The van der Waals surface area contributed by atoms with E-state index < -0.39 is 28.3 Å². The maximum absolute atomic E-state index is 13.7. The van der Waals surface area contributed by atoms with Crippen molar-refractivity contribution in [1.82, 2.24) is 0 Å². The highest BCUT2D eigenvalue weighted by atomic mass is 32.2. The fraction of sp³-hybridized carbons (Fsp3) is 0. The fourth-order valence-electron chi connectivity index (χ4n) is 1.55. The lowest BCUT2D eigenvalue weighted by molar-refractivity contribution is 0.0696. The molecular weight excluding hydrogens is 303 g/mol. The van der Waals surface area contributed by atoms with Gasteiger partial charge < -0.3 is 5.11 Å². The van der Waals surface area contributed by atoms with Crippen molar-refractivity contribution in [3.8, 4) is 6.07 Å². The first-order chi connectivity index (χ1) is 9.92. The van der Waals surface area contributed by atoms with Crippen LogP contribution in [0, 0.1) is 28.8 Å². The molecule has 0 saturated carbocycles. The molecule has 0 unspecified atom stereocenters. The van der Waals surface area contributed by atoms with Gasteiger partial charge in [0.25, 0.3) is 0 Å². The van der Waals surface area contributed by atoms with E-state index in [1.807, 2.05) is 0 Å². The Balaban J connectivity index is 2.46. The van der Waals surface area contributed by atoms with Crippen molar-refractivity contribution in [2.75, 3.05) is 0 Å². The molecule has 0 spiro atoms. The molecule has 3 nitrogen and oxygen atoms in total. The van der Waals surface area contributed by atoms with E-state index in [2.05, 4.69) is 0 Å². The number of nitrogens with zero attached hydrogens (tertiary/aromatic N) is 1. The van der Waals surface area contributed by atoms with Crippen LogP contribution in [0.2, 0.25) is 0 Å². The molecule has 0 fully saturated rings. The Kier molecular flexibility index (Phi) is 4.19. The van der Waals surface area contributed by atoms with Gasteiger partial charge in [0.1, 0.15) is 17.5 Å². The summed E-state index contributed by atoms with van der Waals surface area (Å²) in [5.41, 5.74) is -0.400. The van der Waals surface area contributed by atoms with E-state index in [1.165, 1.54) is 0 Å². The van der Waals surface area contributed by atoms with Crippen LogP contribution in [-0.4, -0.2) is 11.1 Å². The smallest absolute Gasteiger partial charge is 0.335 e. The summed E-state index contributed by atoms with van der Waals surface area (Å²) in [6, 6.07) is 6.18. The van der Waals surface area contributed by atoms with Crippen LogP contribution in [0.1, 0.15) is 15.9 Å². The molecule has 0 atom stereocenters. The number of benzene rings is 2. The molecule has 0 aliphatic carbocycles. The summed E-state index contributed by atoms with van der Waals surface area (Å²) in [5, 5.41) is 17.4. The zero-order valence-corrected chi connectivity index (χ0v) is 11.0. The van der Waals surface area contributed by atoms with Crippen molar-refractivity contribution in [3.05, 3.63) is 58.9 Å². The van der Waals surface area contributed by atoms with E-state index in [4.69, 9.17) is 10.4 Å². The molecule has 21 heavy (non-hydrogen) atoms. The second kappa shape index (κ2) is 5.89. The molecule has 2 rings (SSSR count). The van der Waals surface area contributed by atoms with Gasteiger partial charge in [0.15, 0.2) is 0 Å². The quantitative estimate of drug-likeness (QED) is 0.936.